The molecule has 1 fully saturated rings. The first-order valence-electron chi connectivity index (χ1n) is 4.72. The third-order valence-electron chi connectivity index (χ3n) is 2.41. The molecule has 1 aliphatic rings. The van der Waals surface area contributed by atoms with Crippen molar-refractivity contribution in [3.8, 4) is 0 Å². The summed E-state index contributed by atoms with van der Waals surface area (Å²) < 4.78 is 5.04. The summed E-state index contributed by atoms with van der Waals surface area (Å²) in [6.45, 7) is 2.93. The molecular weight excluding hydrogens is 166 g/mol. The summed E-state index contributed by atoms with van der Waals surface area (Å²) in [7, 11) is 0. The summed E-state index contributed by atoms with van der Waals surface area (Å²) in [5, 5.41) is 3.67. The average Bonchev–Trinajstić information content (AvgIpc) is 2.57. The highest BCUT2D eigenvalue weighted by atomic mass is 16.5. The highest BCUT2D eigenvalue weighted by Gasteiger charge is 2.17. The fourth-order valence-corrected chi connectivity index (χ4v) is 1.78. The van der Waals surface area contributed by atoms with Crippen LogP contribution < -0.4 is 5.73 Å². The van der Waals surface area contributed by atoms with Crippen molar-refractivity contribution in [3.05, 3.63) is 18.0 Å². The third-order valence-corrected chi connectivity index (χ3v) is 2.41. The Hall–Kier alpha value is -0.870. The van der Waals surface area contributed by atoms with Crippen molar-refractivity contribution in [3.63, 3.8) is 0 Å². The number of hydrogen-bond acceptors (Lipinski definition) is 4. The summed E-state index contributed by atoms with van der Waals surface area (Å²) >= 11 is 0. The first kappa shape index (κ1) is 8.72. The van der Waals surface area contributed by atoms with Gasteiger partial charge in [0, 0.05) is 18.7 Å². The van der Waals surface area contributed by atoms with Crippen LogP contribution in [-0.2, 0) is 6.54 Å². The van der Waals surface area contributed by atoms with Gasteiger partial charge in [-0.15, -0.1) is 0 Å². The molecule has 4 nitrogen and oxygen atoms in total. The van der Waals surface area contributed by atoms with Crippen LogP contribution in [0.5, 0.6) is 0 Å². The molecule has 0 radical (unpaired) electrons. The van der Waals surface area contributed by atoms with E-state index >= 15 is 0 Å². The second kappa shape index (κ2) is 3.89. The van der Waals surface area contributed by atoms with Gasteiger partial charge in [0.25, 0.3) is 0 Å². The van der Waals surface area contributed by atoms with Crippen molar-refractivity contribution >= 4 is 0 Å². The molecule has 1 saturated heterocycles. The molecule has 2 rings (SSSR count). The standard InChI is InChI=1S/C9H15N3O/c10-8-2-1-5-12(6-8)7-9-3-4-11-13-9/h3-4,8H,1-2,5-7,10H2. The van der Waals surface area contributed by atoms with E-state index in [4.69, 9.17) is 10.3 Å². The minimum atomic E-state index is 0.330. The van der Waals surface area contributed by atoms with E-state index in [9.17, 15) is 0 Å². The lowest BCUT2D eigenvalue weighted by Crippen LogP contribution is -2.42. The molecular formula is C9H15N3O. The maximum absolute atomic E-state index is 5.87. The van der Waals surface area contributed by atoms with Crippen molar-refractivity contribution in [1.29, 1.82) is 0 Å². The van der Waals surface area contributed by atoms with Gasteiger partial charge >= 0.3 is 0 Å². The van der Waals surface area contributed by atoms with Crippen molar-refractivity contribution in [2.75, 3.05) is 13.1 Å². The quantitative estimate of drug-likeness (QED) is 0.725. The monoisotopic (exact) mass is 181 g/mol. The largest absolute Gasteiger partial charge is 0.360 e. The van der Waals surface area contributed by atoms with Gasteiger partial charge < -0.3 is 10.3 Å². The van der Waals surface area contributed by atoms with E-state index in [-0.39, 0.29) is 0 Å². The molecule has 72 valence electrons. The summed E-state index contributed by atoms with van der Waals surface area (Å²) in [5.41, 5.74) is 5.87. The Balaban J connectivity index is 1.87. The Morgan fingerprint density at radius 3 is 3.31 bits per heavy atom. The molecule has 1 aliphatic heterocycles. The normalized spacial score (nSPS) is 24.8. The van der Waals surface area contributed by atoms with Gasteiger partial charge in [0.05, 0.1) is 12.7 Å². The highest BCUT2D eigenvalue weighted by molar-refractivity contribution is 4.93. The maximum atomic E-state index is 5.87. The fraction of sp³-hybridized carbons (Fsp3) is 0.667. The number of likely N-dealkylation sites (tertiary alicyclic amines) is 1. The van der Waals surface area contributed by atoms with E-state index < -0.39 is 0 Å². The molecule has 0 aliphatic carbocycles. The SMILES string of the molecule is NC1CCCN(Cc2ccno2)C1. The van der Waals surface area contributed by atoms with Crippen LogP contribution >= 0.6 is 0 Å². The van der Waals surface area contributed by atoms with E-state index in [2.05, 4.69) is 10.1 Å². The lowest BCUT2D eigenvalue weighted by molar-refractivity contribution is 0.181. The lowest BCUT2D eigenvalue weighted by atomic mass is 10.1. The van der Waals surface area contributed by atoms with Gasteiger partial charge in [-0.05, 0) is 19.4 Å². The van der Waals surface area contributed by atoms with E-state index in [0.717, 1.165) is 31.8 Å². The number of aromatic nitrogens is 1. The van der Waals surface area contributed by atoms with E-state index in [0.29, 0.717) is 6.04 Å². The average molecular weight is 181 g/mol. The lowest BCUT2D eigenvalue weighted by Gasteiger charge is -2.29. The molecule has 1 unspecified atom stereocenters. The Kier molecular flexibility index (Phi) is 2.61. The summed E-state index contributed by atoms with van der Waals surface area (Å²) in [6.07, 6.45) is 4.02. The van der Waals surface area contributed by atoms with Crippen molar-refractivity contribution in [2.45, 2.75) is 25.4 Å². The minimum absolute atomic E-state index is 0.330. The fourth-order valence-electron chi connectivity index (χ4n) is 1.78. The van der Waals surface area contributed by atoms with Crippen molar-refractivity contribution in [2.24, 2.45) is 5.73 Å². The third kappa shape index (κ3) is 2.29. The van der Waals surface area contributed by atoms with Crippen LogP contribution in [-0.4, -0.2) is 29.2 Å². The van der Waals surface area contributed by atoms with Gasteiger partial charge in [-0.2, -0.15) is 0 Å². The maximum Gasteiger partial charge on any atom is 0.150 e. The molecule has 1 aromatic heterocycles. The van der Waals surface area contributed by atoms with Gasteiger partial charge in [-0.1, -0.05) is 5.16 Å². The van der Waals surface area contributed by atoms with Gasteiger partial charge in [-0.3, -0.25) is 4.90 Å². The first-order valence-corrected chi connectivity index (χ1v) is 4.72. The molecule has 13 heavy (non-hydrogen) atoms. The molecule has 0 amide bonds. The van der Waals surface area contributed by atoms with Gasteiger partial charge in [0.15, 0.2) is 5.76 Å². The van der Waals surface area contributed by atoms with Gasteiger partial charge in [0.2, 0.25) is 0 Å². The van der Waals surface area contributed by atoms with E-state index in [1.165, 1.54) is 6.42 Å². The topological polar surface area (TPSA) is 55.3 Å². The predicted molar refractivity (Wildman–Crippen MR) is 49.0 cm³/mol. The minimum Gasteiger partial charge on any atom is -0.360 e. The predicted octanol–water partition coefficient (Wildman–Crippen LogP) is 0.598. The summed E-state index contributed by atoms with van der Waals surface area (Å²) in [4.78, 5) is 2.31. The molecule has 0 bridgehead atoms. The molecule has 0 aromatic carbocycles. The van der Waals surface area contributed by atoms with E-state index in [1.807, 2.05) is 6.07 Å². The van der Waals surface area contributed by atoms with Crippen LogP contribution in [0.15, 0.2) is 16.8 Å². The Bertz CT molecular complexity index is 247. The second-order valence-corrected chi connectivity index (χ2v) is 3.62. The first-order chi connectivity index (χ1) is 6.34. The molecule has 0 spiro atoms. The van der Waals surface area contributed by atoms with Gasteiger partial charge in [0.1, 0.15) is 0 Å². The Morgan fingerprint density at radius 2 is 2.62 bits per heavy atom. The van der Waals surface area contributed by atoms with Crippen molar-refractivity contribution in [1.82, 2.24) is 10.1 Å². The van der Waals surface area contributed by atoms with Crippen LogP contribution in [0.3, 0.4) is 0 Å². The smallest absolute Gasteiger partial charge is 0.150 e. The number of nitrogens with two attached hydrogens (primary N) is 1. The highest BCUT2D eigenvalue weighted by Crippen LogP contribution is 2.11. The number of rotatable bonds is 2. The zero-order valence-electron chi connectivity index (χ0n) is 7.65. The van der Waals surface area contributed by atoms with Crippen LogP contribution in [0.1, 0.15) is 18.6 Å². The zero-order chi connectivity index (χ0) is 9.10. The summed E-state index contributed by atoms with van der Waals surface area (Å²) in [5.74, 6) is 0.925. The number of nitrogens with zero attached hydrogens (tertiary/aromatic N) is 2. The van der Waals surface area contributed by atoms with Crippen molar-refractivity contribution < 1.29 is 4.52 Å². The molecule has 2 heterocycles. The molecule has 2 N–H and O–H groups in total. The molecule has 0 saturated carbocycles. The molecule has 1 aromatic rings. The molecule has 1 atom stereocenters. The summed E-state index contributed by atoms with van der Waals surface area (Å²) in [6, 6.07) is 2.23. The number of hydrogen-bond donors (Lipinski definition) is 1. The van der Waals surface area contributed by atoms with Crippen LogP contribution in [0.2, 0.25) is 0 Å². The zero-order valence-corrected chi connectivity index (χ0v) is 7.65. The number of piperidine rings is 1. The van der Waals surface area contributed by atoms with Crippen LogP contribution in [0.4, 0.5) is 0 Å². The van der Waals surface area contributed by atoms with Gasteiger partial charge in [-0.25, -0.2) is 0 Å². The second-order valence-electron chi connectivity index (χ2n) is 3.62. The van der Waals surface area contributed by atoms with Crippen LogP contribution in [0, 0.1) is 0 Å². The van der Waals surface area contributed by atoms with E-state index in [1.54, 1.807) is 6.20 Å². The Morgan fingerprint density at radius 1 is 1.69 bits per heavy atom. The molecule has 4 heteroatoms. The van der Waals surface area contributed by atoms with Crippen LogP contribution in [0.25, 0.3) is 0 Å². The Labute approximate surface area is 77.7 Å².